The SMILES string of the molecule is c1ccc(-c2nc3ccc4ccc5ccc(-c6cccc(-c7ccc8c9ccccc9c9ccccc9c8c7)n6)cc5c4c3o2)cc1. The van der Waals surface area contributed by atoms with Crippen LogP contribution in [-0.2, 0) is 0 Å². The first kappa shape index (κ1) is 26.0. The van der Waals surface area contributed by atoms with Gasteiger partial charge in [0.05, 0.1) is 11.4 Å². The van der Waals surface area contributed by atoms with E-state index in [4.69, 9.17) is 14.4 Å². The van der Waals surface area contributed by atoms with E-state index in [0.717, 1.165) is 60.7 Å². The van der Waals surface area contributed by atoms with E-state index in [0.29, 0.717) is 5.89 Å². The van der Waals surface area contributed by atoms with Gasteiger partial charge in [-0.15, -0.1) is 0 Å². The second-order valence-corrected chi connectivity index (χ2v) is 12.2. The van der Waals surface area contributed by atoms with Gasteiger partial charge in [0, 0.05) is 22.1 Å². The molecule has 0 saturated carbocycles. The van der Waals surface area contributed by atoms with Gasteiger partial charge in [-0.2, -0.15) is 0 Å². The number of nitrogens with zero attached hydrogens (tertiary/aromatic N) is 2. The van der Waals surface area contributed by atoms with Gasteiger partial charge in [0.25, 0.3) is 0 Å². The second kappa shape index (κ2) is 10.1. The van der Waals surface area contributed by atoms with Crippen molar-refractivity contribution >= 4 is 65.0 Å². The van der Waals surface area contributed by atoms with Gasteiger partial charge in [0.1, 0.15) is 5.52 Å². The van der Waals surface area contributed by atoms with Crippen LogP contribution in [0.15, 0.2) is 162 Å². The summed E-state index contributed by atoms with van der Waals surface area (Å²) in [6, 6.07) is 55.6. The molecule has 0 amide bonds. The monoisotopic (exact) mass is 598 g/mol. The molecule has 0 unspecified atom stereocenters. The van der Waals surface area contributed by atoms with Crippen molar-refractivity contribution in [2.45, 2.75) is 0 Å². The molecule has 8 aromatic carbocycles. The normalized spacial score (nSPS) is 11.8. The molecule has 2 heterocycles. The Morgan fingerprint density at radius 2 is 0.915 bits per heavy atom. The summed E-state index contributed by atoms with van der Waals surface area (Å²) in [6.45, 7) is 0. The van der Waals surface area contributed by atoms with Crippen LogP contribution in [-0.4, -0.2) is 9.97 Å². The first-order valence-corrected chi connectivity index (χ1v) is 15.9. The zero-order valence-corrected chi connectivity index (χ0v) is 25.3. The highest BCUT2D eigenvalue weighted by atomic mass is 16.3. The van der Waals surface area contributed by atoms with Gasteiger partial charge in [0.15, 0.2) is 5.58 Å². The summed E-state index contributed by atoms with van der Waals surface area (Å²) in [5, 5.41) is 12.1. The Hall–Kier alpha value is -6.32. The third-order valence-electron chi connectivity index (χ3n) is 9.46. The number of oxazole rings is 1. The van der Waals surface area contributed by atoms with Crippen LogP contribution < -0.4 is 0 Å². The number of rotatable bonds is 3. The zero-order valence-electron chi connectivity index (χ0n) is 25.3. The van der Waals surface area contributed by atoms with Crippen molar-refractivity contribution in [3.05, 3.63) is 158 Å². The van der Waals surface area contributed by atoms with Gasteiger partial charge in [0.2, 0.25) is 5.89 Å². The highest BCUT2D eigenvalue weighted by Crippen LogP contribution is 2.39. The topological polar surface area (TPSA) is 38.9 Å². The molecule has 0 spiro atoms. The summed E-state index contributed by atoms with van der Waals surface area (Å²) in [5.74, 6) is 0.631. The molecule has 0 radical (unpaired) electrons. The fourth-order valence-electron chi connectivity index (χ4n) is 7.21. The van der Waals surface area contributed by atoms with E-state index < -0.39 is 0 Å². The third-order valence-corrected chi connectivity index (χ3v) is 9.46. The Labute approximate surface area is 270 Å². The fraction of sp³-hybridized carbons (Fsp3) is 0. The van der Waals surface area contributed by atoms with E-state index >= 15 is 0 Å². The molecule has 0 saturated heterocycles. The van der Waals surface area contributed by atoms with Crippen molar-refractivity contribution in [2.75, 3.05) is 0 Å². The van der Waals surface area contributed by atoms with E-state index in [1.54, 1.807) is 0 Å². The minimum Gasteiger partial charge on any atom is -0.435 e. The van der Waals surface area contributed by atoms with Gasteiger partial charge < -0.3 is 4.42 Å². The van der Waals surface area contributed by atoms with Crippen molar-refractivity contribution in [3.8, 4) is 34.0 Å². The van der Waals surface area contributed by atoms with Crippen LogP contribution >= 0.6 is 0 Å². The van der Waals surface area contributed by atoms with Crippen molar-refractivity contribution < 1.29 is 4.42 Å². The van der Waals surface area contributed by atoms with Crippen LogP contribution in [0, 0.1) is 0 Å². The molecule has 3 heteroatoms. The summed E-state index contributed by atoms with van der Waals surface area (Å²) in [7, 11) is 0. The van der Waals surface area contributed by atoms with Crippen LogP contribution in [0.5, 0.6) is 0 Å². The van der Waals surface area contributed by atoms with E-state index in [1.165, 1.54) is 32.3 Å². The molecule has 0 aliphatic heterocycles. The number of hydrogen-bond donors (Lipinski definition) is 0. The standard InChI is InChI=1S/C44H26N2O/c1-2-9-29(10-3-1)44-46-41-24-22-28-19-17-27-18-20-30(25-37(27)42(28)43(41)47-44)39-15-8-16-40(45-39)31-21-23-36-34-13-5-4-11-32(34)33-12-6-7-14-35(33)38(36)26-31/h1-26H. The largest absolute Gasteiger partial charge is 0.435 e. The second-order valence-electron chi connectivity index (χ2n) is 12.2. The molecule has 0 fully saturated rings. The molecule has 10 rings (SSSR count). The molecule has 2 aromatic heterocycles. The first-order chi connectivity index (χ1) is 23.3. The Bertz CT molecular complexity index is 2810. The van der Waals surface area contributed by atoms with E-state index in [9.17, 15) is 0 Å². The average molecular weight is 599 g/mol. The van der Waals surface area contributed by atoms with Gasteiger partial charge >= 0.3 is 0 Å². The third kappa shape index (κ3) is 4.07. The van der Waals surface area contributed by atoms with E-state index in [1.807, 2.05) is 36.4 Å². The molecule has 218 valence electrons. The Balaban J connectivity index is 1.13. The smallest absolute Gasteiger partial charge is 0.227 e. The number of pyridine rings is 1. The quantitative estimate of drug-likeness (QED) is 0.190. The molecule has 47 heavy (non-hydrogen) atoms. The Morgan fingerprint density at radius 1 is 0.362 bits per heavy atom. The summed E-state index contributed by atoms with van der Waals surface area (Å²) in [6.07, 6.45) is 0. The van der Waals surface area contributed by atoms with E-state index in [-0.39, 0.29) is 0 Å². The Morgan fingerprint density at radius 3 is 1.64 bits per heavy atom. The summed E-state index contributed by atoms with van der Waals surface area (Å²) < 4.78 is 6.46. The number of hydrogen-bond acceptors (Lipinski definition) is 3. The van der Waals surface area contributed by atoms with Crippen LogP contribution in [0.2, 0.25) is 0 Å². The minimum absolute atomic E-state index is 0.631. The van der Waals surface area contributed by atoms with Crippen LogP contribution in [0.3, 0.4) is 0 Å². The fourth-order valence-corrected chi connectivity index (χ4v) is 7.21. The van der Waals surface area contributed by atoms with Crippen molar-refractivity contribution in [1.29, 1.82) is 0 Å². The maximum atomic E-state index is 6.46. The number of fused-ring (bicyclic) bond motifs is 11. The van der Waals surface area contributed by atoms with Gasteiger partial charge in [-0.05, 0) is 90.9 Å². The lowest BCUT2D eigenvalue weighted by atomic mass is 9.93. The van der Waals surface area contributed by atoms with Crippen molar-refractivity contribution in [1.82, 2.24) is 9.97 Å². The molecule has 0 bridgehead atoms. The average Bonchev–Trinajstić information content (AvgIpc) is 3.60. The summed E-state index contributed by atoms with van der Waals surface area (Å²) in [4.78, 5) is 10.1. The number of benzene rings is 8. The van der Waals surface area contributed by atoms with Crippen LogP contribution in [0.1, 0.15) is 0 Å². The van der Waals surface area contributed by atoms with Crippen LogP contribution in [0.4, 0.5) is 0 Å². The predicted octanol–water partition coefficient (Wildman–Crippen LogP) is 12.0. The maximum Gasteiger partial charge on any atom is 0.227 e. The predicted molar refractivity (Wildman–Crippen MR) is 196 cm³/mol. The van der Waals surface area contributed by atoms with Crippen LogP contribution in [0.25, 0.3) is 98.9 Å². The highest BCUT2D eigenvalue weighted by Gasteiger charge is 2.15. The van der Waals surface area contributed by atoms with Crippen molar-refractivity contribution in [2.24, 2.45) is 0 Å². The maximum absolute atomic E-state index is 6.46. The van der Waals surface area contributed by atoms with Gasteiger partial charge in [-0.1, -0.05) is 115 Å². The van der Waals surface area contributed by atoms with Crippen molar-refractivity contribution in [3.63, 3.8) is 0 Å². The summed E-state index contributed by atoms with van der Waals surface area (Å²) >= 11 is 0. The molecule has 0 aliphatic carbocycles. The molecule has 10 aromatic rings. The minimum atomic E-state index is 0.631. The lowest BCUT2D eigenvalue weighted by Crippen LogP contribution is -1.90. The zero-order chi connectivity index (χ0) is 30.9. The molecule has 3 nitrogen and oxygen atoms in total. The highest BCUT2D eigenvalue weighted by molar-refractivity contribution is 6.25. The van der Waals surface area contributed by atoms with Gasteiger partial charge in [-0.25, -0.2) is 9.97 Å². The first-order valence-electron chi connectivity index (χ1n) is 15.9. The van der Waals surface area contributed by atoms with E-state index in [2.05, 4.69) is 121 Å². The lowest BCUT2D eigenvalue weighted by Gasteiger charge is -2.12. The molecule has 0 N–H and O–H groups in total. The number of aromatic nitrogens is 2. The Kier molecular flexibility index (Phi) is 5.57. The molecular formula is C44H26N2O. The summed E-state index contributed by atoms with van der Waals surface area (Å²) in [5.41, 5.74) is 6.66. The molecule has 0 aliphatic rings. The van der Waals surface area contributed by atoms with Gasteiger partial charge in [-0.3, -0.25) is 0 Å². The lowest BCUT2D eigenvalue weighted by molar-refractivity contribution is 0.623. The molecule has 0 atom stereocenters. The molecular weight excluding hydrogens is 572 g/mol.